The monoisotopic (exact) mass is 251 g/mol. The zero-order valence-electron chi connectivity index (χ0n) is 11.7. The summed E-state index contributed by atoms with van der Waals surface area (Å²) >= 11 is 0. The number of ether oxygens (including phenoxy) is 2. The van der Waals surface area contributed by atoms with Gasteiger partial charge < -0.3 is 15.2 Å². The Morgan fingerprint density at radius 2 is 1.56 bits per heavy atom. The van der Waals surface area contributed by atoms with E-state index in [2.05, 4.69) is 45.0 Å². The third kappa shape index (κ3) is 6.15. The lowest BCUT2D eigenvalue weighted by Crippen LogP contribution is -2.19. The van der Waals surface area contributed by atoms with Gasteiger partial charge in [0.05, 0.1) is 25.9 Å². The fourth-order valence-corrected chi connectivity index (χ4v) is 1.56. The topological polar surface area (TPSA) is 44.5 Å². The second-order valence-corrected chi connectivity index (χ2v) is 5.06. The van der Waals surface area contributed by atoms with Gasteiger partial charge in [-0.3, -0.25) is 0 Å². The SMILES string of the molecule is Cc1ccc(C(N)COCCOCC(C)C)cc1. The van der Waals surface area contributed by atoms with Gasteiger partial charge in [-0.25, -0.2) is 0 Å². The molecule has 0 aliphatic rings. The minimum Gasteiger partial charge on any atom is -0.379 e. The summed E-state index contributed by atoms with van der Waals surface area (Å²) in [6.45, 7) is 8.90. The van der Waals surface area contributed by atoms with E-state index < -0.39 is 0 Å². The van der Waals surface area contributed by atoms with Crippen LogP contribution in [0.25, 0.3) is 0 Å². The number of hydrogen-bond donors (Lipinski definition) is 1. The molecule has 0 aliphatic carbocycles. The Bertz CT molecular complexity index is 322. The predicted octanol–water partition coefficient (Wildman–Crippen LogP) is 2.68. The lowest BCUT2D eigenvalue weighted by Gasteiger charge is -2.13. The Morgan fingerprint density at radius 3 is 2.11 bits per heavy atom. The molecule has 2 N–H and O–H groups in total. The Morgan fingerprint density at radius 1 is 1.00 bits per heavy atom. The van der Waals surface area contributed by atoms with Gasteiger partial charge in [0.2, 0.25) is 0 Å². The van der Waals surface area contributed by atoms with E-state index in [1.807, 2.05) is 0 Å². The van der Waals surface area contributed by atoms with E-state index in [4.69, 9.17) is 15.2 Å². The summed E-state index contributed by atoms with van der Waals surface area (Å²) < 4.78 is 10.9. The van der Waals surface area contributed by atoms with Crippen molar-refractivity contribution in [3.8, 4) is 0 Å². The third-order valence-electron chi connectivity index (χ3n) is 2.63. The largest absolute Gasteiger partial charge is 0.379 e. The highest BCUT2D eigenvalue weighted by Crippen LogP contribution is 2.11. The van der Waals surface area contributed by atoms with Crippen molar-refractivity contribution in [1.29, 1.82) is 0 Å². The number of rotatable bonds is 8. The molecule has 0 fully saturated rings. The summed E-state index contributed by atoms with van der Waals surface area (Å²) in [7, 11) is 0. The zero-order chi connectivity index (χ0) is 13.4. The van der Waals surface area contributed by atoms with Crippen LogP contribution < -0.4 is 5.73 Å². The summed E-state index contributed by atoms with van der Waals surface area (Å²) in [6.07, 6.45) is 0. The van der Waals surface area contributed by atoms with Crippen molar-refractivity contribution in [2.75, 3.05) is 26.4 Å². The van der Waals surface area contributed by atoms with Crippen LogP contribution in [0.5, 0.6) is 0 Å². The van der Waals surface area contributed by atoms with Gasteiger partial charge in [0.15, 0.2) is 0 Å². The lowest BCUT2D eigenvalue weighted by atomic mass is 10.1. The normalized spacial score (nSPS) is 12.9. The highest BCUT2D eigenvalue weighted by atomic mass is 16.5. The van der Waals surface area contributed by atoms with Crippen molar-refractivity contribution in [3.05, 3.63) is 35.4 Å². The van der Waals surface area contributed by atoms with Crippen LogP contribution in [-0.4, -0.2) is 26.4 Å². The summed E-state index contributed by atoms with van der Waals surface area (Å²) in [6, 6.07) is 8.19. The Labute approximate surface area is 110 Å². The van der Waals surface area contributed by atoms with Gasteiger partial charge in [0.25, 0.3) is 0 Å². The standard InChI is InChI=1S/C15H25NO2/c1-12(2)10-17-8-9-18-11-15(16)14-6-4-13(3)5-7-14/h4-7,12,15H,8-11,16H2,1-3H3. The van der Waals surface area contributed by atoms with Gasteiger partial charge in [-0.15, -0.1) is 0 Å². The van der Waals surface area contributed by atoms with Crippen molar-refractivity contribution in [1.82, 2.24) is 0 Å². The minimum absolute atomic E-state index is 0.0595. The average molecular weight is 251 g/mol. The van der Waals surface area contributed by atoms with Crippen LogP contribution in [0.15, 0.2) is 24.3 Å². The van der Waals surface area contributed by atoms with Crippen molar-refractivity contribution in [2.45, 2.75) is 26.8 Å². The van der Waals surface area contributed by atoms with Gasteiger partial charge in [0.1, 0.15) is 0 Å². The first-order valence-corrected chi connectivity index (χ1v) is 6.57. The first-order valence-electron chi connectivity index (χ1n) is 6.57. The molecule has 1 aromatic rings. The molecule has 0 saturated heterocycles. The van der Waals surface area contributed by atoms with E-state index in [9.17, 15) is 0 Å². The van der Waals surface area contributed by atoms with E-state index in [0.29, 0.717) is 25.7 Å². The molecule has 3 heteroatoms. The molecule has 0 bridgehead atoms. The molecule has 1 unspecified atom stereocenters. The van der Waals surface area contributed by atoms with Crippen LogP contribution in [0.3, 0.4) is 0 Å². The van der Waals surface area contributed by atoms with Gasteiger partial charge in [-0.05, 0) is 18.4 Å². The zero-order valence-corrected chi connectivity index (χ0v) is 11.7. The summed E-state index contributed by atoms with van der Waals surface area (Å²) in [5, 5.41) is 0. The van der Waals surface area contributed by atoms with E-state index in [1.165, 1.54) is 5.56 Å². The maximum Gasteiger partial charge on any atom is 0.0701 e. The maximum absolute atomic E-state index is 6.04. The summed E-state index contributed by atoms with van der Waals surface area (Å²) in [5.41, 5.74) is 8.40. The van der Waals surface area contributed by atoms with E-state index in [1.54, 1.807) is 0 Å². The first-order chi connectivity index (χ1) is 8.59. The number of nitrogens with two attached hydrogens (primary N) is 1. The molecule has 0 saturated carbocycles. The van der Waals surface area contributed by atoms with E-state index in [-0.39, 0.29) is 6.04 Å². The molecule has 0 radical (unpaired) electrons. The molecule has 1 atom stereocenters. The van der Waals surface area contributed by atoms with Crippen molar-refractivity contribution < 1.29 is 9.47 Å². The van der Waals surface area contributed by atoms with Crippen molar-refractivity contribution in [3.63, 3.8) is 0 Å². The second kappa shape index (κ2) is 8.25. The van der Waals surface area contributed by atoms with Crippen LogP contribution >= 0.6 is 0 Å². The smallest absolute Gasteiger partial charge is 0.0701 e. The Balaban J connectivity index is 2.13. The highest BCUT2D eigenvalue weighted by molar-refractivity contribution is 5.23. The predicted molar refractivity (Wildman–Crippen MR) is 74.6 cm³/mol. The average Bonchev–Trinajstić information content (AvgIpc) is 2.34. The number of aryl methyl sites for hydroxylation is 1. The van der Waals surface area contributed by atoms with Crippen LogP contribution in [0.1, 0.15) is 31.0 Å². The molecular weight excluding hydrogens is 226 g/mol. The maximum atomic E-state index is 6.04. The molecule has 0 amide bonds. The van der Waals surface area contributed by atoms with Crippen molar-refractivity contribution >= 4 is 0 Å². The fraction of sp³-hybridized carbons (Fsp3) is 0.600. The van der Waals surface area contributed by atoms with Crippen molar-refractivity contribution in [2.24, 2.45) is 11.7 Å². The van der Waals surface area contributed by atoms with Crippen LogP contribution in [0.2, 0.25) is 0 Å². The van der Waals surface area contributed by atoms with Crippen LogP contribution in [-0.2, 0) is 9.47 Å². The Hall–Kier alpha value is -0.900. The van der Waals surface area contributed by atoms with Crippen LogP contribution in [0, 0.1) is 12.8 Å². The fourth-order valence-electron chi connectivity index (χ4n) is 1.56. The summed E-state index contributed by atoms with van der Waals surface area (Å²) in [4.78, 5) is 0. The molecule has 3 nitrogen and oxygen atoms in total. The molecule has 0 spiro atoms. The third-order valence-corrected chi connectivity index (χ3v) is 2.63. The highest BCUT2D eigenvalue weighted by Gasteiger charge is 2.05. The van der Waals surface area contributed by atoms with Gasteiger partial charge in [-0.2, -0.15) is 0 Å². The second-order valence-electron chi connectivity index (χ2n) is 5.06. The quantitative estimate of drug-likeness (QED) is 0.722. The summed E-state index contributed by atoms with van der Waals surface area (Å²) in [5.74, 6) is 0.569. The molecular formula is C15H25NO2. The van der Waals surface area contributed by atoms with E-state index >= 15 is 0 Å². The molecule has 0 aromatic heterocycles. The lowest BCUT2D eigenvalue weighted by molar-refractivity contribution is 0.0333. The molecule has 0 heterocycles. The molecule has 1 rings (SSSR count). The van der Waals surface area contributed by atoms with E-state index in [0.717, 1.165) is 12.2 Å². The first kappa shape index (κ1) is 15.2. The van der Waals surface area contributed by atoms with Crippen LogP contribution in [0.4, 0.5) is 0 Å². The number of hydrogen-bond acceptors (Lipinski definition) is 3. The van der Waals surface area contributed by atoms with Gasteiger partial charge in [-0.1, -0.05) is 43.7 Å². The molecule has 0 aliphatic heterocycles. The van der Waals surface area contributed by atoms with Gasteiger partial charge >= 0.3 is 0 Å². The Kier molecular flexibility index (Phi) is 6.94. The molecule has 18 heavy (non-hydrogen) atoms. The number of benzene rings is 1. The minimum atomic E-state index is -0.0595. The molecule has 1 aromatic carbocycles. The van der Waals surface area contributed by atoms with Gasteiger partial charge in [0, 0.05) is 6.61 Å². The molecule has 102 valence electrons.